The van der Waals surface area contributed by atoms with Gasteiger partial charge in [0.15, 0.2) is 11.5 Å². The molecule has 0 saturated carbocycles. The number of hydrogen-bond acceptors (Lipinski definition) is 14. The van der Waals surface area contributed by atoms with Gasteiger partial charge in [-0.05, 0) is 32.9 Å². The normalized spacial score (nSPS) is 25.7. The topological polar surface area (TPSA) is 235 Å². The highest BCUT2D eigenvalue weighted by molar-refractivity contribution is 7.52. The van der Waals surface area contributed by atoms with E-state index in [1.54, 1.807) is 32.0 Å². The minimum atomic E-state index is -4.36. The predicted octanol–water partition coefficient (Wildman–Crippen LogP) is 0.348. The molecule has 2 aromatic rings. The summed E-state index contributed by atoms with van der Waals surface area (Å²) in [5, 5.41) is 34.5. The minimum Gasteiger partial charge on any atom is -0.462 e. The van der Waals surface area contributed by atoms with Gasteiger partial charge in [-0.15, -0.1) is 0 Å². The SMILES string of the molecule is CC(C)OC(=O)C(C)NP(=O)(OC[C@H]1O[C@@](C#N)(N2CC=Nc3c2nc(N)[nH]c3=O)[C@H](O)[C@@H]1O)Oc1ccccc1. The number of aliphatic hydroxyl groups excluding tert-OH is 2. The molecule has 2 unspecified atom stereocenters. The number of carbonyl (C=O) groups is 1. The van der Waals surface area contributed by atoms with Gasteiger partial charge in [0.1, 0.15) is 36.2 Å². The van der Waals surface area contributed by atoms with E-state index in [2.05, 4.69) is 20.0 Å². The number of aromatic nitrogens is 2. The maximum Gasteiger partial charge on any atom is 0.459 e. The van der Waals surface area contributed by atoms with Crippen molar-refractivity contribution in [3.05, 3.63) is 40.7 Å². The molecule has 1 aromatic carbocycles. The average molecular weight is 592 g/mol. The van der Waals surface area contributed by atoms with Crippen molar-refractivity contribution >= 4 is 37.4 Å². The molecule has 0 spiro atoms. The molecule has 17 heteroatoms. The molecule has 0 amide bonds. The Morgan fingerprint density at radius 1 is 1.37 bits per heavy atom. The number of nitriles is 1. The van der Waals surface area contributed by atoms with Gasteiger partial charge in [-0.2, -0.15) is 15.3 Å². The molecular formula is C24H30N7O9P. The number of aliphatic imine (C=N–C) groups is 1. The Hall–Kier alpha value is -3.84. The molecule has 0 aliphatic carbocycles. The van der Waals surface area contributed by atoms with E-state index < -0.39 is 62.1 Å². The molecule has 0 radical (unpaired) electrons. The smallest absolute Gasteiger partial charge is 0.459 e. The van der Waals surface area contributed by atoms with Crippen LogP contribution in [0.15, 0.2) is 40.1 Å². The number of anilines is 2. The van der Waals surface area contributed by atoms with Gasteiger partial charge in [0.2, 0.25) is 5.95 Å². The molecule has 16 nitrogen and oxygen atoms in total. The molecule has 2 aliphatic heterocycles. The fourth-order valence-electron chi connectivity index (χ4n) is 4.19. The lowest BCUT2D eigenvalue weighted by Crippen LogP contribution is -2.58. The van der Waals surface area contributed by atoms with E-state index in [0.717, 1.165) is 4.90 Å². The van der Waals surface area contributed by atoms with Gasteiger partial charge in [-0.1, -0.05) is 18.2 Å². The first-order chi connectivity index (χ1) is 19.4. The van der Waals surface area contributed by atoms with Gasteiger partial charge in [0.25, 0.3) is 11.3 Å². The van der Waals surface area contributed by atoms with Gasteiger partial charge in [-0.3, -0.25) is 19.1 Å². The van der Waals surface area contributed by atoms with Crippen molar-refractivity contribution in [3.8, 4) is 11.8 Å². The summed E-state index contributed by atoms with van der Waals surface area (Å²) < 4.78 is 35.9. The quantitative estimate of drug-likeness (QED) is 0.185. The van der Waals surface area contributed by atoms with Crippen molar-refractivity contribution in [1.29, 1.82) is 5.26 Å². The summed E-state index contributed by atoms with van der Waals surface area (Å²) in [7, 11) is -4.36. The van der Waals surface area contributed by atoms with Crippen LogP contribution in [0, 0.1) is 11.3 Å². The zero-order chi connectivity index (χ0) is 29.9. The third-order valence-electron chi connectivity index (χ3n) is 6.07. The number of rotatable bonds is 10. The Kier molecular flexibility index (Phi) is 8.78. The Labute approximate surface area is 234 Å². The lowest BCUT2D eigenvalue weighted by atomic mass is 10.0. The molecule has 6 atom stereocenters. The first kappa shape index (κ1) is 30.1. The summed E-state index contributed by atoms with van der Waals surface area (Å²) in [5.41, 5.74) is 2.53. The maximum atomic E-state index is 13.8. The number of hydrogen-bond donors (Lipinski definition) is 5. The van der Waals surface area contributed by atoms with Crippen LogP contribution in [0.5, 0.6) is 5.75 Å². The number of carbonyl (C=O) groups excluding carboxylic acids is 1. The molecule has 1 fully saturated rings. The molecule has 2 aliphatic rings. The second kappa shape index (κ2) is 12.0. The summed E-state index contributed by atoms with van der Waals surface area (Å²) >= 11 is 0. The van der Waals surface area contributed by atoms with Crippen molar-refractivity contribution in [3.63, 3.8) is 0 Å². The van der Waals surface area contributed by atoms with Crippen LogP contribution < -0.4 is 25.8 Å². The lowest BCUT2D eigenvalue weighted by Gasteiger charge is -2.38. The zero-order valence-corrected chi connectivity index (χ0v) is 23.2. The fourth-order valence-corrected chi connectivity index (χ4v) is 5.69. The van der Waals surface area contributed by atoms with E-state index in [9.17, 15) is 29.6 Å². The number of nitrogen functional groups attached to an aromatic ring is 1. The number of fused-ring (bicyclic) bond motifs is 1. The number of aliphatic hydroxyl groups is 2. The highest BCUT2D eigenvalue weighted by Crippen LogP contribution is 2.47. The zero-order valence-electron chi connectivity index (χ0n) is 22.3. The number of benzene rings is 1. The summed E-state index contributed by atoms with van der Waals surface area (Å²) in [4.78, 5) is 36.2. The monoisotopic (exact) mass is 591 g/mol. The number of esters is 1. The van der Waals surface area contributed by atoms with Crippen LogP contribution in [0.2, 0.25) is 0 Å². The second-order valence-electron chi connectivity index (χ2n) is 9.48. The Balaban J connectivity index is 1.58. The Bertz CT molecular complexity index is 1450. The third-order valence-corrected chi connectivity index (χ3v) is 7.71. The molecule has 41 heavy (non-hydrogen) atoms. The fraction of sp³-hybridized carbons (Fsp3) is 0.458. The molecule has 0 bridgehead atoms. The van der Waals surface area contributed by atoms with Gasteiger partial charge in [0, 0.05) is 6.21 Å². The molecule has 1 aromatic heterocycles. The lowest BCUT2D eigenvalue weighted by molar-refractivity contribution is -0.149. The van der Waals surface area contributed by atoms with Crippen molar-refractivity contribution in [1.82, 2.24) is 15.1 Å². The molecule has 1 saturated heterocycles. The number of H-pyrrole nitrogens is 1. The highest BCUT2D eigenvalue weighted by Gasteiger charge is 2.60. The van der Waals surface area contributed by atoms with Crippen LogP contribution in [0.1, 0.15) is 20.8 Å². The molecule has 3 heterocycles. The van der Waals surface area contributed by atoms with E-state index >= 15 is 0 Å². The van der Waals surface area contributed by atoms with E-state index in [0.29, 0.717) is 0 Å². The van der Waals surface area contributed by atoms with E-state index in [-0.39, 0.29) is 29.7 Å². The Morgan fingerprint density at radius 2 is 2.07 bits per heavy atom. The second-order valence-corrected chi connectivity index (χ2v) is 11.2. The van der Waals surface area contributed by atoms with Crippen molar-refractivity contribution in [2.75, 3.05) is 23.8 Å². The summed E-state index contributed by atoms with van der Waals surface area (Å²) in [6.45, 7) is 3.90. The number of para-hydroxylation sites is 1. The van der Waals surface area contributed by atoms with Gasteiger partial charge < -0.3 is 34.8 Å². The van der Waals surface area contributed by atoms with Crippen molar-refractivity contribution < 1.29 is 38.1 Å². The van der Waals surface area contributed by atoms with Crippen LogP contribution in [0.3, 0.4) is 0 Å². The maximum absolute atomic E-state index is 13.8. The standard InChI is InChI=1S/C24H30N7O9P/c1-13(2)38-22(35)14(3)30-41(36,40-15-7-5-4-6-8-15)37-11-16-18(32)19(33)24(12-25,39-16)31-10-9-27-17-20(31)28-23(26)29-21(17)34/h4-9,13-14,16,18-19,32-33H,10-11H2,1-3H3,(H,30,36)(H3,26,28,29,34)/t14?,16-,18-,19-,24-,41?/m1/s1. The van der Waals surface area contributed by atoms with Crippen LogP contribution in [-0.4, -0.2) is 81.7 Å². The van der Waals surface area contributed by atoms with E-state index in [1.807, 2.05) is 6.07 Å². The molecule has 6 N–H and O–H groups in total. The first-order valence-corrected chi connectivity index (χ1v) is 14.1. The van der Waals surface area contributed by atoms with Crippen molar-refractivity contribution in [2.45, 2.75) is 57.0 Å². The van der Waals surface area contributed by atoms with Crippen molar-refractivity contribution in [2.24, 2.45) is 4.99 Å². The van der Waals surface area contributed by atoms with Gasteiger partial charge in [0.05, 0.1) is 19.3 Å². The summed E-state index contributed by atoms with van der Waals surface area (Å²) in [6, 6.07) is 8.69. The van der Waals surface area contributed by atoms with E-state index in [1.165, 1.54) is 25.3 Å². The number of nitrogens with zero attached hydrogens (tertiary/aromatic N) is 4. The molecular weight excluding hydrogens is 561 g/mol. The first-order valence-electron chi connectivity index (χ1n) is 12.5. The van der Waals surface area contributed by atoms with Crippen LogP contribution in [0.4, 0.5) is 17.5 Å². The predicted molar refractivity (Wildman–Crippen MR) is 144 cm³/mol. The number of nitrogens with one attached hydrogen (secondary N) is 2. The summed E-state index contributed by atoms with van der Waals surface area (Å²) in [5.74, 6) is -0.999. The minimum absolute atomic E-state index is 0.138. The molecule has 4 rings (SSSR count). The highest BCUT2D eigenvalue weighted by atomic mass is 31.2. The van der Waals surface area contributed by atoms with Crippen LogP contribution >= 0.6 is 7.75 Å². The van der Waals surface area contributed by atoms with Gasteiger partial charge in [-0.25, -0.2) is 9.56 Å². The van der Waals surface area contributed by atoms with Crippen LogP contribution in [0.25, 0.3) is 0 Å². The Morgan fingerprint density at radius 3 is 2.73 bits per heavy atom. The average Bonchev–Trinajstić information content (AvgIpc) is 3.17. The third kappa shape index (κ3) is 6.25. The summed E-state index contributed by atoms with van der Waals surface area (Å²) in [6.07, 6.45) is -4.17. The van der Waals surface area contributed by atoms with Crippen LogP contribution in [-0.2, 0) is 23.4 Å². The number of aromatic amines is 1. The number of ether oxygens (including phenoxy) is 2. The molecule has 220 valence electrons. The van der Waals surface area contributed by atoms with E-state index in [4.69, 9.17) is 24.3 Å². The van der Waals surface area contributed by atoms with Gasteiger partial charge >= 0.3 is 13.7 Å². The largest absolute Gasteiger partial charge is 0.462 e. The number of nitrogens with two attached hydrogens (primary N) is 1.